The summed E-state index contributed by atoms with van der Waals surface area (Å²) in [4.78, 5) is 85.1. The van der Waals surface area contributed by atoms with Gasteiger partial charge in [0.05, 0.1) is 0 Å². The SMILES string of the molecule is CC(=O)O[Si](OC(C)=O)(OC(C)=O)O[Si](OC(C)=O)(OC(C)=O)O[Si](OC(C)=O)(OC(C)=O)O[Si](C)(C)O[Si](C)(C)C. The van der Waals surface area contributed by atoms with Gasteiger partial charge >= 0.3 is 35.7 Å². The van der Waals surface area contributed by atoms with Gasteiger partial charge in [0.25, 0.3) is 41.8 Å². The first kappa shape index (κ1) is 39.2. The molecule has 18 nitrogen and oxygen atoms in total. The Morgan fingerprint density at radius 2 is 0.548 bits per heavy atom. The molecule has 0 radical (unpaired) electrons. The zero-order valence-electron chi connectivity index (χ0n) is 25.3. The Morgan fingerprint density at radius 1 is 0.333 bits per heavy atom. The van der Waals surface area contributed by atoms with Crippen molar-refractivity contribution in [1.29, 1.82) is 0 Å². The van der Waals surface area contributed by atoms with Gasteiger partial charge in [0, 0.05) is 48.5 Å². The monoisotopic (exact) mass is 692 g/mol. The molecule has 23 heteroatoms. The van der Waals surface area contributed by atoms with Crippen molar-refractivity contribution >= 4 is 85.8 Å². The van der Waals surface area contributed by atoms with Gasteiger partial charge in [-0.2, -0.15) is 0 Å². The predicted molar refractivity (Wildman–Crippen MR) is 145 cm³/mol. The average Bonchev–Trinajstić information content (AvgIpc) is 2.59. The van der Waals surface area contributed by atoms with Crippen LogP contribution in [0.5, 0.6) is 0 Å². The summed E-state index contributed by atoms with van der Waals surface area (Å²) in [7, 11) is -22.7. The summed E-state index contributed by atoms with van der Waals surface area (Å²) in [6.45, 7) is 14.1. The third-order valence-corrected chi connectivity index (χ3v) is 18.4. The number of hydrogen-bond donors (Lipinski definition) is 0. The Bertz CT molecular complexity index is 997. The van der Waals surface area contributed by atoms with Crippen LogP contribution in [0.15, 0.2) is 0 Å². The van der Waals surface area contributed by atoms with Crippen LogP contribution in [0.1, 0.15) is 48.5 Å². The summed E-state index contributed by atoms with van der Waals surface area (Å²) in [6, 6.07) is 0. The van der Waals surface area contributed by atoms with Gasteiger partial charge < -0.3 is 39.2 Å². The van der Waals surface area contributed by atoms with Crippen LogP contribution >= 0.6 is 0 Å². The predicted octanol–water partition coefficient (Wildman–Crippen LogP) is 0.838. The maximum absolute atomic E-state index is 12.3. The lowest BCUT2D eigenvalue weighted by molar-refractivity contribution is -0.157. The minimum absolute atomic E-state index is 0.791. The van der Waals surface area contributed by atoms with E-state index in [2.05, 4.69) is 0 Å². The number of hydrogen-bond acceptors (Lipinski definition) is 18. The van der Waals surface area contributed by atoms with Crippen LogP contribution in [-0.4, -0.2) is 85.8 Å². The third-order valence-electron chi connectivity index (χ3n) is 3.30. The Hall–Kier alpha value is -2.79. The lowest BCUT2D eigenvalue weighted by atomic mass is 10.9. The first-order chi connectivity index (χ1) is 18.7. The standard InChI is InChI=1S/C19H36O18Si5/c1-13(20)27-40(28-14(2)21,29-15(3)22)36-42(32-18(6)25,33-19(7)26)37-41(30-16(4)23,31-17(5)24)35-39(11,12)34-38(8,9)10/h1-12H3. The van der Waals surface area contributed by atoms with Crippen LogP contribution in [0.4, 0.5) is 0 Å². The minimum atomic E-state index is -5.79. The van der Waals surface area contributed by atoms with Gasteiger partial charge in [-0.3, -0.25) is 41.8 Å². The molecule has 0 amide bonds. The Labute approximate surface area is 247 Å². The molecule has 0 rings (SSSR count). The van der Waals surface area contributed by atoms with Crippen molar-refractivity contribution in [3.05, 3.63) is 0 Å². The molecule has 0 bridgehead atoms. The summed E-state index contributed by atoms with van der Waals surface area (Å²) in [6.07, 6.45) is 0. The van der Waals surface area contributed by atoms with E-state index in [1.807, 2.05) is 0 Å². The highest BCUT2D eigenvalue weighted by atomic mass is 28.5. The van der Waals surface area contributed by atoms with Crippen molar-refractivity contribution in [2.75, 3.05) is 0 Å². The molecule has 0 aliphatic heterocycles. The lowest BCUT2D eigenvalue weighted by Gasteiger charge is -2.38. The van der Waals surface area contributed by atoms with E-state index in [1.54, 1.807) is 19.6 Å². The molecule has 0 aromatic rings. The van der Waals surface area contributed by atoms with E-state index in [0.717, 1.165) is 48.5 Å². The molecule has 0 spiro atoms. The molecule has 0 N–H and O–H groups in total. The molecule has 0 saturated carbocycles. The van der Waals surface area contributed by atoms with E-state index in [0.29, 0.717) is 0 Å². The van der Waals surface area contributed by atoms with Crippen LogP contribution in [-0.2, 0) is 81.0 Å². The smallest absolute Gasteiger partial charge is 0.443 e. The molecule has 42 heavy (non-hydrogen) atoms. The molecule has 0 aliphatic carbocycles. The molecular formula is C19H36O18Si5. The summed E-state index contributed by atoms with van der Waals surface area (Å²) >= 11 is 0. The maximum atomic E-state index is 12.3. The van der Waals surface area contributed by atoms with Crippen molar-refractivity contribution in [1.82, 2.24) is 0 Å². The van der Waals surface area contributed by atoms with Crippen molar-refractivity contribution in [3.8, 4) is 0 Å². The normalized spacial score (nSPS) is 12.4. The zero-order chi connectivity index (χ0) is 33.3. The second kappa shape index (κ2) is 15.1. The van der Waals surface area contributed by atoms with Crippen LogP contribution in [0.2, 0.25) is 32.7 Å². The molecule has 240 valence electrons. The van der Waals surface area contributed by atoms with E-state index in [1.165, 1.54) is 13.1 Å². The van der Waals surface area contributed by atoms with Crippen LogP contribution in [0.3, 0.4) is 0 Å². The van der Waals surface area contributed by atoms with E-state index in [9.17, 15) is 33.6 Å². The topological polar surface area (TPSA) is 221 Å². The molecule has 0 fully saturated rings. The molecule has 0 aliphatic rings. The number of carbonyl (C=O) groups is 7. The van der Waals surface area contributed by atoms with Crippen LogP contribution < -0.4 is 0 Å². The fourth-order valence-electron chi connectivity index (χ4n) is 2.97. The first-order valence-corrected chi connectivity index (χ1v) is 23.0. The van der Waals surface area contributed by atoms with Crippen molar-refractivity contribution < 1.29 is 81.0 Å². The molecular weight excluding hydrogens is 657 g/mol. The van der Waals surface area contributed by atoms with Gasteiger partial charge in [0.2, 0.25) is 0 Å². The summed E-state index contributed by atoms with van der Waals surface area (Å²) < 4.78 is 58.7. The Balaban J connectivity index is 7.64. The summed E-state index contributed by atoms with van der Waals surface area (Å²) in [5, 5.41) is 0. The Morgan fingerprint density at radius 3 is 0.786 bits per heavy atom. The summed E-state index contributed by atoms with van der Waals surface area (Å²) in [5.74, 6) is -8.61. The minimum Gasteiger partial charge on any atom is -0.443 e. The van der Waals surface area contributed by atoms with Crippen molar-refractivity contribution in [2.45, 2.75) is 81.2 Å². The van der Waals surface area contributed by atoms with Gasteiger partial charge in [-0.25, -0.2) is 0 Å². The van der Waals surface area contributed by atoms with E-state index < -0.39 is 85.8 Å². The summed E-state index contributed by atoms with van der Waals surface area (Å²) in [5.41, 5.74) is 0. The molecule has 0 unspecified atom stereocenters. The fourth-order valence-corrected chi connectivity index (χ4v) is 19.9. The highest BCUT2D eigenvalue weighted by molar-refractivity contribution is 6.86. The largest absolute Gasteiger partial charge is 0.894 e. The van der Waals surface area contributed by atoms with Gasteiger partial charge in [-0.05, 0) is 32.7 Å². The molecule has 0 aromatic carbocycles. The first-order valence-electron chi connectivity index (χ1n) is 11.9. The zero-order valence-corrected chi connectivity index (χ0v) is 30.3. The maximum Gasteiger partial charge on any atom is 0.894 e. The fraction of sp³-hybridized carbons (Fsp3) is 0.632. The van der Waals surface area contributed by atoms with Gasteiger partial charge in [0.1, 0.15) is 0 Å². The van der Waals surface area contributed by atoms with Crippen molar-refractivity contribution in [2.24, 2.45) is 0 Å². The van der Waals surface area contributed by atoms with E-state index >= 15 is 0 Å². The van der Waals surface area contributed by atoms with E-state index in [4.69, 9.17) is 47.4 Å². The number of carbonyl (C=O) groups excluding carboxylic acids is 7. The molecule has 0 saturated heterocycles. The highest BCUT2D eigenvalue weighted by Crippen LogP contribution is 2.31. The van der Waals surface area contributed by atoms with Gasteiger partial charge in [-0.15, -0.1) is 0 Å². The molecule has 0 atom stereocenters. The van der Waals surface area contributed by atoms with Gasteiger partial charge in [0.15, 0.2) is 8.32 Å². The van der Waals surface area contributed by atoms with Gasteiger partial charge in [-0.1, -0.05) is 0 Å². The Kier molecular flexibility index (Phi) is 14.1. The molecule has 0 heterocycles. The van der Waals surface area contributed by atoms with Crippen LogP contribution in [0.25, 0.3) is 0 Å². The number of rotatable bonds is 15. The van der Waals surface area contributed by atoms with Crippen LogP contribution in [0, 0.1) is 0 Å². The average molecular weight is 693 g/mol. The highest BCUT2D eigenvalue weighted by Gasteiger charge is 2.77. The lowest BCUT2D eigenvalue weighted by Crippen LogP contribution is -2.70. The third kappa shape index (κ3) is 15.4. The quantitative estimate of drug-likeness (QED) is 0.217. The van der Waals surface area contributed by atoms with E-state index in [-0.39, 0.29) is 0 Å². The second-order valence-corrected chi connectivity index (χ2v) is 24.3. The van der Waals surface area contributed by atoms with Crippen molar-refractivity contribution in [3.63, 3.8) is 0 Å². The second-order valence-electron chi connectivity index (χ2n) is 9.58. The molecule has 0 aromatic heterocycles.